The predicted molar refractivity (Wildman–Crippen MR) is 80.2 cm³/mol. The van der Waals surface area contributed by atoms with E-state index in [0.29, 0.717) is 0 Å². The number of ether oxygens (including phenoxy) is 3. The van der Waals surface area contributed by atoms with Crippen LogP contribution in [0, 0.1) is 0 Å². The van der Waals surface area contributed by atoms with Gasteiger partial charge in [-0.05, 0) is 0 Å². The molecule has 26 heavy (non-hydrogen) atoms. The zero-order valence-electron chi connectivity index (χ0n) is 14.0. The summed E-state index contributed by atoms with van der Waals surface area (Å²) in [4.78, 5) is 11.2. The summed E-state index contributed by atoms with van der Waals surface area (Å²) in [6.07, 6.45) is -13.6. The molecule has 0 aromatic rings. The maximum absolute atomic E-state index is 11.2. The highest BCUT2D eigenvalue weighted by molar-refractivity contribution is 5.73. The standard InChI is InChI=1S/C14H25NO11/c1-4(18)15-7-9(20)12(6(3-17)24-13(7)23)26-14-11(22)10(21)8(19)5(2-16)25-14/h5-14,16-17,19-23H,2-3H2,1H3,(H,15,18)/t5?,6?,7?,8-,9+,10-,11?,12+,13+,14-/m0/s1. The van der Waals surface area contributed by atoms with Crippen LogP contribution in [0.5, 0.6) is 0 Å². The molecule has 4 unspecified atom stereocenters. The fraction of sp³-hybridized carbons (Fsp3) is 0.929. The molecular formula is C14H25NO11. The van der Waals surface area contributed by atoms with Crippen molar-refractivity contribution in [1.82, 2.24) is 5.32 Å². The van der Waals surface area contributed by atoms with Crippen LogP contribution in [0.4, 0.5) is 0 Å². The van der Waals surface area contributed by atoms with Gasteiger partial charge in [-0.25, -0.2) is 0 Å². The first-order valence-electron chi connectivity index (χ1n) is 8.06. The van der Waals surface area contributed by atoms with Crippen LogP contribution in [0.2, 0.25) is 0 Å². The fourth-order valence-electron chi connectivity index (χ4n) is 2.98. The first-order chi connectivity index (χ1) is 12.2. The Bertz CT molecular complexity index is 478. The van der Waals surface area contributed by atoms with E-state index in [9.17, 15) is 40.5 Å². The highest BCUT2D eigenvalue weighted by atomic mass is 16.7. The molecule has 2 rings (SSSR count). The first kappa shape index (κ1) is 21.4. The van der Waals surface area contributed by atoms with Crippen LogP contribution < -0.4 is 5.32 Å². The molecule has 2 aliphatic rings. The maximum Gasteiger partial charge on any atom is 0.217 e. The summed E-state index contributed by atoms with van der Waals surface area (Å²) < 4.78 is 15.7. The lowest BCUT2D eigenvalue weighted by molar-refractivity contribution is -0.345. The summed E-state index contributed by atoms with van der Waals surface area (Å²) in [5.41, 5.74) is 0. The number of carbonyl (C=O) groups excluding carboxylic acids is 1. The molecule has 2 fully saturated rings. The van der Waals surface area contributed by atoms with Crippen LogP contribution in [0.25, 0.3) is 0 Å². The van der Waals surface area contributed by atoms with Crippen molar-refractivity contribution in [3.05, 3.63) is 0 Å². The zero-order valence-corrected chi connectivity index (χ0v) is 14.0. The van der Waals surface area contributed by atoms with Crippen molar-refractivity contribution < 1.29 is 54.8 Å². The number of hydrogen-bond acceptors (Lipinski definition) is 11. The minimum Gasteiger partial charge on any atom is -0.394 e. The molecule has 0 radical (unpaired) electrons. The normalized spacial score (nSPS) is 46.8. The van der Waals surface area contributed by atoms with E-state index in [2.05, 4.69) is 5.32 Å². The van der Waals surface area contributed by atoms with E-state index in [1.165, 1.54) is 0 Å². The number of hydrogen-bond donors (Lipinski definition) is 8. The monoisotopic (exact) mass is 383 g/mol. The van der Waals surface area contributed by atoms with Gasteiger partial charge in [-0.2, -0.15) is 0 Å². The van der Waals surface area contributed by atoms with Gasteiger partial charge in [0.1, 0.15) is 48.8 Å². The quantitative estimate of drug-likeness (QED) is 0.226. The molecule has 2 aliphatic heterocycles. The maximum atomic E-state index is 11.2. The molecular weight excluding hydrogens is 358 g/mol. The average molecular weight is 383 g/mol. The summed E-state index contributed by atoms with van der Waals surface area (Å²) in [6, 6.07) is -1.29. The van der Waals surface area contributed by atoms with Crippen molar-refractivity contribution >= 4 is 5.91 Å². The van der Waals surface area contributed by atoms with Gasteiger partial charge in [0.05, 0.1) is 13.2 Å². The molecule has 1 amide bonds. The lowest BCUT2D eigenvalue weighted by atomic mass is 9.95. The van der Waals surface area contributed by atoms with Crippen LogP contribution in [0.3, 0.4) is 0 Å². The van der Waals surface area contributed by atoms with Crippen molar-refractivity contribution in [2.45, 2.75) is 68.3 Å². The molecule has 2 heterocycles. The fourth-order valence-corrected chi connectivity index (χ4v) is 2.98. The number of carbonyl (C=O) groups is 1. The van der Waals surface area contributed by atoms with Gasteiger partial charge in [0.15, 0.2) is 12.6 Å². The Balaban J connectivity index is 2.16. The largest absolute Gasteiger partial charge is 0.394 e. The van der Waals surface area contributed by atoms with Crippen molar-refractivity contribution in [1.29, 1.82) is 0 Å². The molecule has 0 aromatic carbocycles. The first-order valence-corrected chi connectivity index (χ1v) is 8.06. The molecule has 0 saturated carbocycles. The molecule has 0 spiro atoms. The number of nitrogens with one attached hydrogen (secondary N) is 1. The summed E-state index contributed by atoms with van der Waals surface area (Å²) in [6.45, 7) is -0.195. The van der Waals surface area contributed by atoms with E-state index in [4.69, 9.17) is 14.2 Å². The van der Waals surface area contributed by atoms with Gasteiger partial charge in [-0.15, -0.1) is 0 Å². The summed E-state index contributed by atoms with van der Waals surface area (Å²) in [5.74, 6) is -0.564. The number of aliphatic hydroxyl groups is 7. The molecule has 2 saturated heterocycles. The van der Waals surface area contributed by atoms with Gasteiger partial charge in [-0.1, -0.05) is 0 Å². The van der Waals surface area contributed by atoms with Gasteiger partial charge in [-0.3, -0.25) is 4.79 Å². The average Bonchev–Trinajstić information content (AvgIpc) is 2.60. The van der Waals surface area contributed by atoms with Crippen LogP contribution in [-0.4, -0.2) is 116 Å². The van der Waals surface area contributed by atoms with Crippen molar-refractivity contribution in [2.75, 3.05) is 13.2 Å². The Labute approximate surface area is 148 Å². The van der Waals surface area contributed by atoms with E-state index in [-0.39, 0.29) is 0 Å². The number of amides is 1. The van der Waals surface area contributed by atoms with E-state index >= 15 is 0 Å². The molecule has 0 aromatic heterocycles. The lowest BCUT2D eigenvalue weighted by Crippen LogP contribution is -2.67. The molecule has 0 aliphatic carbocycles. The summed E-state index contributed by atoms with van der Waals surface area (Å²) >= 11 is 0. The lowest BCUT2D eigenvalue weighted by Gasteiger charge is -2.46. The topological polar surface area (TPSA) is 198 Å². The molecule has 12 nitrogen and oxygen atoms in total. The Kier molecular flexibility index (Phi) is 7.27. The highest BCUT2D eigenvalue weighted by Gasteiger charge is 2.50. The van der Waals surface area contributed by atoms with Crippen molar-refractivity contribution in [2.24, 2.45) is 0 Å². The second-order valence-corrected chi connectivity index (χ2v) is 6.26. The minimum absolute atomic E-state index is 0.564. The third-order valence-corrected chi connectivity index (χ3v) is 4.38. The second kappa shape index (κ2) is 8.84. The Morgan fingerprint density at radius 3 is 2.08 bits per heavy atom. The summed E-state index contributed by atoms with van der Waals surface area (Å²) in [7, 11) is 0. The van der Waals surface area contributed by atoms with E-state index < -0.39 is 80.5 Å². The molecule has 8 N–H and O–H groups in total. The van der Waals surface area contributed by atoms with Crippen molar-refractivity contribution in [3.8, 4) is 0 Å². The highest BCUT2D eigenvalue weighted by Crippen LogP contribution is 2.28. The third kappa shape index (κ3) is 4.31. The Morgan fingerprint density at radius 1 is 0.923 bits per heavy atom. The van der Waals surface area contributed by atoms with Crippen LogP contribution in [-0.2, 0) is 19.0 Å². The second-order valence-electron chi connectivity index (χ2n) is 6.26. The molecule has 0 bridgehead atoms. The van der Waals surface area contributed by atoms with Gasteiger partial charge in [0, 0.05) is 6.92 Å². The van der Waals surface area contributed by atoms with Crippen molar-refractivity contribution in [3.63, 3.8) is 0 Å². The Morgan fingerprint density at radius 2 is 1.54 bits per heavy atom. The number of rotatable bonds is 5. The third-order valence-electron chi connectivity index (χ3n) is 4.38. The van der Waals surface area contributed by atoms with Crippen LogP contribution in [0.1, 0.15) is 6.92 Å². The number of aliphatic hydroxyl groups excluding tert-OH is 7. The van der Waals surface area contributed by atoms with E-state index in [1.54, 1.807) is 0 Å². The van der Waals surface area contributed by atoms with Gasteiger partial charge >= 0.3 is 0 Å². The summed E-state index contributed by atoms with van der Waals surface area (Å²) in [5, 5.41) is 70.7. The van der Waals surface area contributed by atoms with Gasteiger partial charge < -0.3 is 55.3 Å². The molecule has 152 valence electrons. The van der Waals surface area contributed by atoms with E-state index in [0.717, 1.165) is 6.92 Å². The van der Waals surface area contributed by atoms with Crippen LogP contribution in [0.15, 0.2) is 0 Å². The molecule has 10 atom stereocenters. The predicted octanol–water partition coefficient (Wildman–Crippen LogP) is -5.25. The SMILES string of the molecule is CC(=O)NC1[C@H](O)OC(CO)[C@@H](O[C@@H]2OC(CO)[C@H](O)[C@H](O)C2O)[C@@H]1O. The van der Waals surface area contributed by atoms with Gasteiger partial charge in [0.2, 0.25) is 5.91 Å². The van der Waals surface area contributed by atoms with Crippen LogP contribution >= 0.6 is 0 Å². The minimum atomic E-state index is -1.73. The Hall–Kier alpha value is -0.930. The molecule has 12 heteroatoms. The van der Waals surface area contributed by atoms with E-state index in [1.807, 2.05) is 0 Å². The van der Waals surface area contributed by atoms with Gasteiger partial charge in [0.25, 0.3) is 0 Å². The smallest absolute Gasteiger partial charge is 0.217 e. The zero-order chi connectivity index (χ0) is 19.6.